The zero-order valence-electron chi connectivity index (χ0n) is 16.0. The number of nitrogens with one attached hydrogen (secondary N) is 1. The quantitative estimate of drug-likeness (QED) is 0.852. The lowest BCUT2D eigenvalue weighted by Crippen LogP contribution is -2.41. The van der Waals surface area contributed by atoms with Crippen molar-refractivity contribution in [3.05, 3.63) is 45.4 Å². The summed E-state index contributed by atoms with van der Waals surface area (Å²) in [5.74, 6) is 1.66. The van der Waals surface area contributed by atoms with Gasteiger partial charge in [-0.2, -0.15) is 0 Å². The Kier molecular flexibility index (Phi) is 5.83. The Hall–Kier alpha value is -1.79. The first-order valence-electron chi connectivity index (χ1n) is 10.1. The van der Waals surface area contributed by atoms with Crippen molar-refractivity contribution in [2.24, 2.45) is 11.8 Å². The average Bonchev–Trinajstić information content (AvgIpc) is 3.16. The lowest BCUT2D eigenvalue weighted by atomic mass is 9.75. The highest BCUT2D eigenvalue weighted by atomic mass is 32.1. The van der Waals surface area contributed by atoms with Crippen molar-refractivity contribution in [3.63, 3.8) is 0 Å². The molecular formula is C21H28N4OS. The summed E-state index contributed by atoms with van der Waals surface area (Å²) in [7, 11) is 0. The lowest BCUT2D eigenvalue weighted by molar-refractivity contribution is 0.0819. The smallest absolute Gasteiger partial charge is 0.282 e. The fourth-order valence-corrected chi connectivity index (χ4v) is 5.18. The van der Waals surface area contributed by atoms with E-state index in [0.717, 1.165) is 35.5 Å². The fourth-order valence-electron chi connectivity index (χ4n) is 4.38. The van der Waals surface area contributed by atoms with Gasteiger partial charge in [-0.15, -0.1) is 10.2 Å². The molecule has 2 aliphatic rings. The first kappa shape index (κ1) is 18.6. The molecule has 2 unspecified atom stereocenters. The summed E-state index contributed by atoms with van der Waals surface area (Å²) in [6.07, 6.45) is 6.91. The van der Waals surface area contributed by atoms with Crippen molar-refractivity contribution >= 4 is 17.2 Å². The molecule has 144 valence electrons. The number of aromatic nitrogens is 2. The minimum atomic E-state index is -0.134. The largest absolute Gasteiger partial charge is 0.346 e. The Morgan fingerprint density at radius 1 is 1.15 bits per heavy atom. The average molecular weight is 385 g/mol. The summed E-state index contributed by atoms with van der Waals surface area (Å²) >= 11 is 1.43. The third-order valence-corrected chi connectivity index (χ3v) is 6.88. The number of piperidine rings is 1. The molecule has 27 heavy (non-hydrogen) atoms. The van der Waals surface area contributed by atoms with Crippen LogP contribution in [0.1, 0.15) is 58.0 Å². The van der Waals surface area contributed by atoms with Crippen LogP contribution in [0.25, 0.3) is 0 Å². The standard InChI is InChI=1S/C21H28N4OS/c1-15-6-8-16(9-7-15)12-22-20(26)21-24-23-19(27-21)14-25-11-10-17-4-2-3-5-18(17)13-25/h6-9,17-18H,2-5,10-14H2,1H3,(H,22,26). The summed E-state index contributed by atoms with van der Waals surface area (Å²) in [4.78, 5) is 14.9. The van der Waals surface area contributed by atoms with E-state index in [-0.39, 0.29) is 5.91 Å². The number of aryl methyl sites for hydroxylation is 1. The molecule has 0 radical (unpaired) electrons. The van der Waals surface area contributed by atoms with Crippen LogP contribution in [0.3, 0.4) is 0 Å². The third kappa shape index (κ3) is 4.74. The number of nitrogens with zero attached hydrogens (tertiary/aromatic N) is 3. The van der Waals surface area contributed by atoms with E-state index in [1.807, 2.05) is 12.1 Å². The predicted molar refractivity (Wildman–Crippen MR) is 108 cm³/mol. The van der Waals surface area contributed by atoms with E-state index >= 15 is 0 Å². The molecule has 5 nitrogen and oxygen atoms in total. The van der Waals surface area contributed by atoms with Gasteiger partial charge in [0.1, 0.15) is 5.01 Å². The molecule has 1 N–H and O–H groups in total. The van der Waals surface area contributed by atoms with Crippen LogP contribution in [0.5, 0.6) is 0 Å². The maximum absolute atomic E-state index is 12.4. The highest BCUT2D eigenvalue weighted by Crippen LogP contribution is 2.36. The predicted octanol–water partition coefficient (Wildman–Crippen LogP) is 3.79. The molecular weight excluding hydrogens is 356 g/mol. The van der Waals surface area contributed by atoms with Crippen molar-refractivity contribution < 1.29 is 4.79 Å². The molecule has 6 heteroatoms. The molecule has 0 spiro atoms. The molecule has 2 fully saturated rings. The van der Waals surface area contributed by atoms with Crippen LogP contribution in [0.4, 0.5) is 0 Å². The second-order valence-corrected chi connectivity index (χ2v) is 9.06. The van der Waals surface area contributed by atoms with Gasteiger partial charge in [-0.3, -0.25) is 9.69 Å². The van der Waals surface area contributed by atoms with Crippen molar-refractivity contribution in [1.29, 1.82) is 0 Å². The summed E-state index contributed by atoms with van der Waals surface area (Å²) in [5, 5.41) is 12.7. The van der Waals surface area contributed by atoms with Gasteiger partial charge in [-0.25, -0.2) is 0 Å². The summed E-state index contributed by atoms with van der Waals surface area (Å²) in [5.41, 5.74) is 2.31. The second kappa shape index (κ2) is 8.48. The number of likely N-dealkylation sites (tertiary alicyclic amines) is 1. The van der Waals surface area contributed by atoms with E-state index in [1.165, 1.54) is 55.5 Å². The zero-order valence-corrected chi connectivity index (χ0v) is 16.8. The number of hydrogen-bond donors (Lipinski definition) is 1. The minimum absolute atomic E-state index is 0.134. The maximum Gasteiger partial charge on any atom is 0.282 e. The highest BCUT2D eigenvalue weighted by Gasteiger charge is 2.31. The number of hydrogen-bond acceptors (Lipinski definition) is 5. The molecule has 1 aliphatic heterocycles. The number of amides is 1. The number of carbonyl (C=O) groups is 1. The summed E-state index contributed by atoms with van der Waals surface area (Å²) < 4.78 is 0. The maximum atomic E-state index is 12.4. The molecule has 1 saturated heterocycles. The summed E-state index contributed by atoms with van der Waals surface area (Å²) in [6.45, 7) is 5.73. The second-order valence-electron chi connectivity index (χ2n) is 8.00. The van der Waals surface area contributed by atoms with Crippen molar-refractivity contribution in [2.45, 2.75) is 52.1 Å². The van der Waals surface area contributed by atoms with E-state index in [9.17, 15) is 4.79 Å². The van der Waals surface area contributed by atoms with Crippen molar-refractivity contribution in [2.75, 3.05) is 13.1 Å². The SMILES string of the molecule is Cc1ccc(CNC(=O)c2nnc(CN3CCC4CCCCC4C3)s2)cc1. The van der Waals surface area contributed by atoms with Crippen LogP contribution in [-0.2, 0) is 13.1 Å². The van der Waals surface area contributed by atoms with Gasteiger partial charge >= 0.3 is 0 Å². The molecule has 1 saturated carbocycles. The number of fused-ring (bicyclic) bond motifs is 1. The van der Waals surface area contributed by atoms with E-state index in [4.69, 9.17) is 0 Å². The van der Waals surface area contributed by atoms with Gasteiger partial charge < -0.3 is 5.32 Å². The zero-order chi connectivity index (χ0) is 18.6. The van der Waals surface area contributed by atoms with Crippen LogP contribution in [0, 0.1) is 18.8 Å². The monoisotopic (exact) mass is 384 g/mol. The molecule has 1 aliphatic carbocycles. The Labute approximate surface area is 165 Å². The van der Waals surface area contributed by atoms with Gasteiger partial charge in [0.25, 0.3) is 5.91 Å². The number of rotatable bonds is 5. The van der Waals surface area contributed by atoms with Crippen LogP contribution in [0.2, 0.25) is 0 Å². The molecule has 1 amide bonds. The van der Waals surface area contributed by atoms with E-state index in [1.54, 1.807) is 0 Å². The van der Waals surface area contributed by atoms with E-state index in [2.05, 4.69) is 39.5 Å². The van der Waals surface area contributed by atoms with Crippen LogP contribution < -0.4 is 5.32 Å². The molecule has 2 atom stereocenters. The summed E-state index contributed by atoms with van der Waals surface area (Å²) in [6, 6.07) is 8.19. The van der Waals surface area contributed by atoms with Gasteiger partial charge in [0.2, 0.25) is 5.01 Å². The molecule has 4 rings (SSSR count). The van der Waals surface area contributed by atoms with Gasteiger partial charge in [-0.05, 0) is 43.7 Å². The van der Waals surface area contributed by atoms with Crippen molar-refractivity contribution in [1.82, 2.24) is 20.4 Å². The van der Waals surface area contributed by atoms with Gasteiger partial charge in [0.05, 0.1) is 6.54 Å². The Balaban J connectivity index is 1.29. The first-order valence-corrected chi connectivity index (χ1v) is 10.9. The molecule has 2 aromatic rings. The molecule has 0 bridgehead atoms. The van der Waals surface area contributed by atoms with Crippen LogP contribution in [0.15, 0.2) is 24.3 Å². The number of benzene rings is 1. The number of carbonyl (C=O) groups excluding carboxylic acids is 1. The topological polar surface area (TPSA) is 58.1 Å². The van der Waals surface area contributed by atoms with Crippen LogP contribution >= 0.6 is 11.3 Å². The Bertz CT molecular complexity index is 773. The molecule has 1 aromatic heterocycles. The van der Waals surface area contributed by atoms with Gasteiger partial charge in [-0.1, -0.05) is 60.4 Å². The van der Waals surface area contributed by atoms with Crippen molar-refractivity contribution in [3.8, 4) is 0 Å². The normalized spacial score (nSPS) is 23.0. The Morgan fingerprint density at radius 2 is 1.93 bits per heavy atom. The van der Waals surface area contributed by atoms with E-state index in [0.29, 0.717) is 11.6 Å². The molecule has 1 aromatic carbocycles. The minimum Gasteiger partial charge on any atom is -0.346 e. The van der Waals surface area contributed by atoms with E-state index < -0.39 is 0 Å². The van der Waals surface area contributed by atoms with Crippen LogP contribution in [-0.4, -0.2) is 34.1 Å². The van der Waals surface area contributed by atoms with Gasteiger partial charge in [0.15, 0.2) is 0 Å². The van der Waals surface area contributed by atoms with Gasteiger partial charge in [0, 0.05) is 13.1 Å². The Morgan fingerprint density at radius 3 is 2.74 bits per heavy atom. The fraction of sp³-hybridized carbons (Fsp3) is 0.571. The highest BCUT2D eigenvalue weighted by molar-refractivity contribution is 7.13. The third-order valence-electron chi connectivity index (χ3n) is 5.97. The molecule has 2 heterocycles. The lowest BCUT2D eigenvalue weighted by Gasteiger charge is -2.41. The first-order chi connectivity index (χ1) is 13.2.